The second kappa shape index (κ2) is 17.5. The third-order valence-electron chi connectivity index (χ3n) is 9.65. The van der Waals surface area contributed by atoms with Gasteiger partial charge in [0.25, 0.3) is 5.91 Å². The second-order valence-corrected chi connectivity index (χ2v) is 17.9. The number of halogens is 1. The van der Waals surface area contributed by atoms with Crippen molar-refractivity contribution < 1.29 is 40.2 Å². The van der Waals surface area contributed by atoms with Gasteiger partial charge in [0.2, 0.25) is 19.7 Å². The van der Waals surface area contributed by atoms with Crippen LogP contribution in [0.5, 0.6) is 11.5 Å². The molecule has 3 heterocycles. The molecule has 1 amide bonds. The Hall–Kier alpha value is -5.61. The van der Waals surface area contributed by atoms with E-state index in [0.29, 0.717) is 36.8 Å². The highest BCUT2D eigenvalue weighted by atomic mass is 32.2. The van der Waals surface area contributed by atoms with E-state index in [2.05, 4.69) is 15.2 Å². The molecule has 2 aromatic heterocycles. The van der Waals surface area contributed by atoms with Gasteiger partial charge in [-0.2, -0.15) is 0 Å². The summed E-state index contributed by atoms with van der Waals surface area (Å²) in [5.41, 5.74) is 2.52. The van der Waals surface area contributed by atoms with Crippen LogP contribution >= 0.6 is 0 Å². The van der Waals surface area contributed by atoms with Gasteiger partial charge in [0.15, 0.2) is 0 Å². The second-order valence-electron chi connectivity index (χ2n) is 14.1. The van der Waals surface area contributed by atoms with Gasteiger partial charge in [0, 0.05) is 56.6 Å². The standard InChI is InChI=1S/C43H43FN4O8S2/c1-30(2)56-41-25-34(44)10-15-42(41)58(52,53)37-13-8-32(9-14-37)29-48-39-16-17-45-28-33(39)24-40(48)43(49)46-27-31-6-11-36(12-7-31)57(50,51)38-5-3-4-35(26-38)55-23-20-47-18-21-54-22-19-47/h3-17,24-26,28,30H,18-23,27,29H2,1-2H3,(H,46,49). The molecule has 15 heteroatoms. The number of fused-ring (bicyclic) bond motifs is 1. The monoisotopic (exact) mass is 826 g/mol. The number of rotatable bonds is 15. The number of hydrogen-bond acceptors (Lipinski definition) is 10. The van der Waals surface area contributed by atoms with E-state index in [1.807, 2.05) is 4.57 Å². The number of sulfone groups is 2. The van der Waals surface area contributed by atoms with Crippen LogP contribution in [0.2, 0.25) is 0 Å². The van der Waals surface area contributed by atoms with Gasteiger partial charge in [-0.1, -0.05) is 30.3 Å². The fourth-order valence-electron chi connectivity index (χ4n) is 6.65. The maximum atomic E-state index is 14.0. The van der Waals surface area contributed by atoms with E-state index < -0.39 is 25.5 Å². The minimum absolute atomic E-state index is 0.00691. The molecule has 0 spiro atoms. The van der Waals surface area contributed by atoms with Gasteiger partial charge >= 0.3 is 0 Å². The minimum Gasteiger partial charge on any atom is -0.492 e. The Labute approximate surface area is 337 Å². The Morgan fingerprint density at radius 1 is 0.845 bits per heavy atom. The Kier molecular flexibility index (Phi) is 12.2. The average molecular weight is 827 g/mol. The van der Waals surface area contributed by atoms with Gasteiger partial charge in [0.05, 0.1) is 39.5 Å². The van der Waals surface area contributed by atoms with E-state index in [1.165, 1.54) is 42.5 Å². The number of aromatic nitrogens is 2. The summed E-state index contributed by atoms with van der Waals surface area (Å²) in [6.45, 7) is 8.03. The van der Waals surface area contributed by atoms with Crippen molar-refractivity contribution in [3.8, 4) is 11.5 Å². The molecule has 12 nitrogen and oxygen atoms in total. The molecule has 1 fully saturated rings. The Morgan fingerprint density at radius 2 is 1.55 bits per heavy atom. The van der Waals surface area contributed by atoms with Crippen molar-refractivity contribution in [1.29, 1.82) is 0 Å². The Morgan fingerprint density at radius 3 is 2.28 bits per heavy atom. The van der Waals surface area contributed by atoms with Crippen molar-refractivity contribution in [2.45, 2.75) is 52.6 Å². The molecule has 0 saturated carbocycles. The third kappa shape index (κ3) is 9.23. The van der Waals surface area contributed by atoms with Crippen LogP contribution < -0.4 is 14.8 Å². The van der Waals surface area contributed by atoms with Crippen LogP contribution in [0.4, 0.5) is 4.39 Å². The molecule has 7 rings (SSSR count). The van der Waals surface area contributed by atoms with Crippen molar-refractivity contribution >= 4 is 36.5 Å². The predicted octanol–water partition coefficient (Wildman–Crippen LogP) is 6.32. The summed E-state index contributed by atoms with van der Waals surface area (Å²) < 4.78 is 86.9. The first-order valence-electron chi connectivity index (χ1n) is 18.8. The molecule has 0 unspecified atom stereocenters. The first kappa shape index (κ1) is 40.6. The normalized spacial score (nSPS) is 13.8. The van der Waals surface area contributed by atoms with Gasteiger partial charge in [-0.25, -0.2) is 21.2 Å². The zero-order valence-corrected chi connectivity index (χ0v) is 33.6. The van der Waals surface area contributed by atoms with Crippen molar-refractivity contribution in [3.05, 3.63) is 138 Å². The van der Waals surface area contributed by atoms with Crippen LogP contribution in [0.1, 0.15) is 35.5 Å². The summed E-state index contributed by atoms with van der Waals surface area (Å²) in [5.74, 6) is -0.570. The molecule has 0 bridgehead atoms. The Bertz CT molecular complexity index is 2630. The fraction of sp³-hybridized carbons (Fsp3) is 0.256. The van der Waals surface area contributed by atoms with E-state index in [9.17, 15) is 26.0 Å². The fourth-order valence-corrected chi connectivity index (χ4v) is 9.31. The molecule has 0 aliphatic carbocycles. The van der Waals surface area contributed by atoms with Crippen molar-refractivity contribution in [1.82, 2.24) is 19.8 Å². The molecule has 4 aromatic carbocycles. The van der Waals surface area contributed by atoms with Crippen LogP contribution in [0, 0.1) is 5.82 Å². The first-order chi connectivity index (χ1) is 27.9. The summed E-state index contributed by atoms with van der Waals surface area (Å²) in [4.78, 5) is 20.2. The summed E-state index contributed by atoms with van der Waals surface area (Å²) in [7, 11) is -7.89. The molecule has 58 heavy (non-hydrogen) atoms. The summed E-state index contributed by atoms with van der Waals surface area (Å²) >= 11 is 0. The van der Waals surface area contributed by atoms with Crippen LogP contribution in [0.25, 0.3) is 10.9 Å². The number of nitrogens with one attached hydrogen (secondary N) is 1. The number of carbonyl (C=O) groups excluding carboxylic acids is 1. The van der Waals surface area contributed by atoms with E-state index in [4.69, 9.17) is 14.2 Å². The molecule has 0 radical (unpaired) electrons. The van der Waals surface area contributed by atoms with Gasteiger partial charge in [0.1, 0.15) is 34.5 Å². The topological polar surface area (TPSA) is 146 Å². The van der Waals surface area contributed by atoms with Crippen molar-refractivity contribution in [2.75, 3.05) is 39.5 Å². The largest absolute Gasteiger partial charge is 0.492 e. The number of carbonyl (C=O) groups is 1. The number of morpholine rings is 1. The number of ether oxygens (including phenoxy) is 3. The molecular weight excluding hydrogens is 784 g/mol. The number of hydrogen-bond donors (Lipinski definition) is 1. The van der Waals surface area contributed by atoms with E-state index in [1.54, 1.807) is 74.8 Å². The zero-order chi connectivity index (χ0) is 40.9. The lowest BCUT2D eigenvalue weighted by molar-refractivity contribution is 0.0322. The lowest BCUT2D eigenvalue weighted by Crippen LogP contribution is -2.38. The summed E-state index contributed by atoms with van der Waals surface area (Å²) in [5, 5.41) is 3.68. The van der Waals surface area contributed by atoms with E-state index in [0.717, 1.165) is 48.2 Å². The lowest BCUT2D eigenvalue weighted by atomic mass is 10.2. The molecule has 1 aliphatic rings. The molecule has 1 saturated heterocycles. The van der Waals surface area contributed by atoms with Gasteiger partial charge in [-0.05, 0) is 91.7 Å². The number of pyridine rings is 1. The van der Waals surface area contributed by atoms with E-state index in [-0.39, 0.29) is 50.4 Å². The summed E-state index contributed by atoms with van der Waals surface area (Å²) in [6, 6.07) is 26.0. The SMILES string of the molecule is CC(C)Oc1cc(F)ccc1S(=O)(=O)c1ccc(Cn2c(C(=O)NCc3ccc(S(=O)(=O)c4cccc(OCCN5CCOCC5)c4)cc3)cc3cnccc32)cc1. The van der Waals surface area contributed by atoms with Crippen LogP contribution in [-0.4, -0.2) is 82.8 Å². The van der Waals surface area contributed by atoms with Crippen LogP contribution in [0.15, 0.2) is 135 Å². The molecule has 1 N–H and O–H groups in total. The first-order valence-corrected chi connectivity index (χ1v) is 21.7. The smallest absolute Gasteiger partial charge is 0.268 e. The molecular formula is C43H43FN4O8S2. The molecule has 0 atom stereocenters. The highest BCUT2D eigenvalue weighted by Crippen LogP contribution is 2.32. The minimum atomic E-state index is -4.05. The quantitative estimate of drug-likeness (QED) is 0.117. The van der Waals surface area contributed by atoms with Gasteiger partial charge in [-0.15, -0.1) is 0 Å². The predicted molar refractivity (Wildman–Crippen MR) is 215 cm³/mol. The molecule has 6 aromatic rings. The third-order valence-corrected chi connectivity index (χ3v) is 13.2. The number of amides is 1. The molecule has 302 valence electrons. The maximum Gasteiger partial charge on any atom is 0.268 e. The Balaban J connectivity index is 1.02. The van der Waals surface area contributed by atoms with Crippen molar-refractivity contribution in [2.24, 2.45) is 0 Å². The average Bonchev–Trinajstić information content (AvgIpc) is 3.58. The number of benzene rings is 4. The van der Waals surface area contributed by atoms with Gasteiger partial charge in [-0.3, -0.25) is 14.7 Å². The highest BCUT2D eigenvalue weighted by molar-refractivity contribution is 7.91. The van der Waals surface area contributed by atoms with E-state index >= 15 is 0 Å². The van der Waals surface area contributed by atoms with Crippen LogP contribution in [-0.2, 0) is 37.5 Å². The highest BCUT2D eigenvalue weighted by Gasteiger charge is 2.25. The lowest BCUT2D eigenvalue weighted by Gasteiger charge is -2.26. The van der Waals surface area contributed by atoms with Crippen molar-refractivity contribution in [3.63, 3.8) is 0 Å². The van der Waals surface area contributed by atoms with Gasteiger partial charge < -0.3 is 24.1 Å². The molecule has 1 aliphatic heterocycles. The summed E-state index contributed by atoms with van der Waals surface area (Å²) in [6.07, 6.45) is 2.91. The zero-order valence-electron chi connectivity index (χ0n) is 32.0. The number of nitrogens with zero attached hydrogens (tertiary/aromatic N) is 3. The maximum absolute atomic E-state index is 14.0. The van der Waals surface area contributed by atoms with Crippen LogP contribution in [0.3, 0.4) is 0 Å².